The summed E-state index contributed by atoms with van der Waals surface area (Å²) in [6, 6.07) is 3.63. The molecule has 0 saturated carbocycles. The van der Waals surface area contributed by atoms with Crippen molar-refractivity contribution in [2.24, 2.45) is 0 Å². The van der Waals surface area contributed by atoms with Gasteiger partial charge in [0.2, 0.25) is 0 Å². The number of non-ortho nitro benzene ring substituents is 1. The monoisotopic (exact) mass is 267 g/mol. The fourth-order valence-corrected chi connectivity index (χ4v) is 1.33. The molecule has 1 amide bonds. The van der Waals surface area contributed by atoms with E-state index in [1.54, 1.807) is 0 Å². The Morgan fingerprint density at radius 2 is 2.21 bits per heavy atom. The predicted molar refractivity (Wildman–Crippen MR) is 58.8 cm³/mol. The summed E-state index contributed by atoms with van der Waals surface area (Å²) in [6.07, 6.45) is -3.09. The molecule has 10 heteroatoms. The number of rotatable bonds is 2. The van der Waals surface area contributed by atoms with Gasteiger partial charge >= 0.3 is 12.2 Å². The summed E-state index contributed by atoms with van der Waals surface area (Å²) in [6.45, 7) is 0. The number of hydrogen-bond acceptors (Lipinski definition) is 7. The van der Waals surface area contributed by atoms with Gasteiger partial charge in [0.15, 0.2) is 11.4 Å². The van der Waals surface area contributed by atoms with Crippen LogP contribution in [-0.2, 0) is 4.74 Å². The van der Waals surface area contributed by atoms with Crippen LogP contribution in [0, 0.1) is 10.1 Å². The van der Waals surface area contributed by atoms with E-state index in [0.29, 0.717) is 0 Å². The van der Waals surface area contributed by atoms with E-state index >= 15 is 0 Å². The number of ether oxygens (including phenoxy) is 1. The zero-order valence-corrected chi connectivity index (χ0v) is 9.02. The molecule has 0 atom stereocenters. The molecule has 0 aliphatic rings. The van der Waals surface area contributed by atoms with Crippen LogP contribution in [0.2, 0.25) is 0 Å². The van der Waals surface area contributed by atoms with Crippen LogP contribution in [0.5, 0.6) is 0 Å². The van der Waals surface area contributed by atoms with Crippen molar-refractivity contribution >= 4 is 34.7 Å². The molecule has 2 N–H and O–H groups in total. The van der Waals surface area contributed by atoms with Crippen LogP contribution in [0.1, 0.15) is 0 Å². The first kappa shape index (κ1) is 12.3. The second-order valence-corrected chi connectivity index (χ2v) is 3.25. The first-order chi connectivity index (χ1) is 8.97. The van der Waals surface area contributed by atoms with Gasteiger partial charge in [-0.15, -0.1) is 0 Å². The highest BCUT2D eigenvalue weighted by atomic mass is 16.7. The van der Waals surface area contributed by atoms with Gasteiger partial charge in [0, 0.05) is 12.1 Å². The van der Waals surface area contributed by atoms with Gasteiger partial charge in [0.05, 0.1) is 10.3 Å². The summed E-state index contributed by atoms with van der Waals surface area (Å²) in [7, 11) is 0. The van der Waals surface area contributed by atoms with Gasteiger partial charge in [-0.1, -0.05) is 5.16 Å². The Kier molecular flexibility index (Phi) is 2.98. The molecule has 0 radical (unpaired) electrons. The highest BCUT2D eigenvalue weighted by Gasteiger charge is 2.17. The number of carbonyl (C=O) groups is 2. The first-order valence-corrected chi connectivity index (χ1v) is 4.73. The third-order valence-electron chi connectivity index (χ3n) is 2.06. The molecule has 0 aliphatic carbocycles. The molecular weight excluding hydrogens is 262 g/mol. The minimum Gasteiger partial charge on any atom is -0.449 e. The maximum absolute atomic E-state index is 11.1. The number of nitrogens with one attached hydrogen (secondary N) is 1. The van der Waals surface area contributed by atoms with E-state index in [9.17, 15) is 19.7 Å². The van der Waals surface area contributed by atoms with Crippen molar-refractivity contribution in [1.82, 2.24) is 5.16 Å². The molecule has 2 aromatic rings. The van der Waals surface area contributed by atoms with Gasteiger partial charge < -0.3 is 14.4 Å². The largest absolute Gasteiger partial charge is 0.514 e. The summed E-state index contributed by atoms with van der Waals surface area (Å²) in [5, 5.41) is 24.4. The van der Waals surface area contributed by atoms with Crippen LogP contribution in [0.25, 0.3) is 11.0 Å². The summed E-state index contributed by atoms with van der Waals surface area (Å²) >= 11 is 0. The van der Waals surface area contributed by atoms with E-state index in [4.69, 9.17) is 9.63 Å². The number of nitro benzene ring substituents is 1. The average molecular weight is 267 g/mol. The Hall–Kier alpha value is -3.17. The smallest absolute Gasteiger partial charge is 0.449 e. The topological polar surface area (TPSA) is 145 Å². The molecule has 0 spiro atoms. The third-order valence-corrected chi connectivity index (χ3v) is 2.06. The average Bonchev–Trinajstić information content (AvgIpc) is 2.70. The number of carbonyl (C=O) groups excluding carboxylic acids is 1. The number of hydrogen-bond donors (Lipinski definition) is 2. The molecule has 0 bridgehead atoms. The van der Waals surface area contributed by atoms with Crippen molar-refractivity contribution in [1.29, 1.82) is 0 Å². The van der Waals surface area contributed by atoms with Crippen LogP contribution in [0.3, 0.4) is 0 Å². The number of nitro groups is 1. The van der Waals surface area contributed by atoms with Crippen LogP contribution in [-0.4, -0.2) is 27.4 Å². The lowest BCUT2D eigenvalue weighted by Crippen LogP contribution is -2.17. The summed E-state index contributed by atoms with van der Waals surface area (Å²) < 4.78 is 8.60. The van der Waals surface area contributed by atoms with E-state index in [2.05, 4.69) is 9.89 Å². The van der Waals surface area contributed by atoms with Crippen LogP contribution < -0.4 is 5.32 Å². The SMILES string of the molecule is O=C(O)OC(=O)Nc1noc2ccc([N+](=O)[O-])cc12. The van der Waals surface area contributed by atoms with E-state index < -0.39 is 17.2 Å². The summed E-state index contributed by atoms with van der Waals surface area (Å²) in [4.78, 5) is 31.2. The van der Waals surface area contributed by atoms with Crippen molar-refractivity contribution in [3.05, 3.63) is 28.3 Å². The molecule has 98 valence electrons. The van der Waals surface area contributed by atoms with Crippen molar-refractivity contribution in [3.8, 4) is 0 Å². The molecule has 1 aromatic carbocycles. The highest BCUT2D eigenvalue weighted by molar-refractivity contribution is 5.98. The first-order valence-electron chi connectivity index (χ1n) is 4.73. The molecule has 19 heavy (non-hydrogen) atoms. The van der Waals surface area contributed by atoms with Gasteiger partial charge in [0.25, 0.3) is 5.69 Å². The van der Waals surface area contributed by atoms with Crippen LogP contribution in [0.4, 0.5) is 21.1 Å². The van der Waals surface area contributed by atoms with Crippen molar-refractivity contribution in [2.45, 2.75) is 0 Å². The fourth-order valence-electron chi connectivity index (χ4n) is 1.33. The number of carboxylic acid groups (broad SMARTS) is 1. The molecule has 0 fully saturated rings. The van der Waals surface area contributed by atoms with Crippen molar-refractivity contribution in [2.75, 3.05) is 5.32 Å². The van der Waals surface area contributed by atoms with Crippen molar-refractivity contribution < 1.29 is 28.9 Å². The Morgan fingerprint density at radius 3 is 2.84 bits per heavy atom. The van der Waals surface area contributed by atoms with Gasteiger partial charge in [-0.05, 0) is 6.07 Å². The molecule has 0 saturated heterocycles. The maximum Gasteiger partial charge on any atom is 0.514 e. The number of nitrogens with zero attached hydrogens (tertiary/aromatic N) is 2. The van der Waals surface area contributed by atoms with Gasteiger partial charge in [-0.2, -0.15) is 0 Å². The minimum absolute atomic E-state index is 0.150. The zero-order chi connectivity index (χ0) is 14.0. The zero-order valence-electron chi connectivity index (χ0n) is 9.02. The van der Waals surface area contributed by atoms with Crippen LogP contribution in [0.15, 0.2) is 22.7 Å². The number of anilines is 1. The third kappa shape index (κ3) is 2.57. The minimum atomic E-state index is -1.80. The second-order valence-electron chi connectivity index (χ2n) is 3.25. The predicted octanol–water partition coefficient (Wildman–Crippen LogP) is 1.96. The molecular formula is C9H5N3O7. The fraction of sp³-hybridized carbons (Fsp3) is 0. The highest BCUT2D eigenvalue weighted by Crippen LogP contribution is 2.26. The van der Waals surface area contributed by atoms with E-state index in [-0.39, 0.29) is 22.5 Å². The van der Waals surface area contributed by atoms with E-state index in [1.165, 1.54) is 12.1 Å². The van der Waals surface area contributed by atoms with Gasteiger partial charge in [-0.25, -0.2) is 9.59 Å². The molecule has 1 aromatic heterocycles. The van der Waals surface area contributed by atoms with Gasteiger partial charge in [0.1, 0.15) is 0 Å². The molecule has 10 nitrogen and oxygen atoms in total. The Labute approximate surface area is 103 Å². The second kappa shape index (κ2) is 4.60. The van der Waals surface area contributed by atoms with Crippen molar-refractivity contribution in [3.63, 3.8) is 0 Å². The van der Waals surface area contributed by atoms with E-state index in [1.807, 2.05) is 5.32 Å². The lowest BCUT2D eigenvalue weighted by Gasteiger charge is -1.98. The molecule has 2 rings (SSSR count). The quantitative estimate of drug-likeness (QED) is 0.363. The van der Waals surface area contributed by atoms with Gasteiger partial charge in [-0.3, -0.25) is 15.4 Å². The molecule has 1 heterocycles. The number of benzene rings is 1. The van der Waals surface area contributed by atoms with E-state index in [0.717, 1.165) is 6.07 Å². The molecule has 0 unspecified atom stereocenters. The Bertz CT molecular complexity index is 678. The summed E-state index contributed by atoms with van der Waals surface area (Å²) in [5.41, 5.74) is -0.0402. The Balaban J connectivity index is 2.33. The lowest BCUT2D eigenvalue weighted by atomic mass is 10.2. The summed E-state index contributed by atoms with van der Waals surface area (Å²) in [5.74, 6) is -0.176. The number of aromatic nitrogens is 1. The molecule has 0 aliphatic heterocycles. The Morgan fingerprint density at radius 1 is 1.47 bits per heavy atom. The lowest BCUT2D eigenvalue weighted by molar-refractivity contribution is -0.384. The number of fused-ring (bicyclic) bond motifs is 1. The normalized spacial score (nSPS) is 10.1. The van der Waals surface area contributed by atoms with Crippen LogP contribution >= 0.6 is 0 Å². The number of amides is 1. The standard InChI is InChI=1S/C9H5N3O7/c13-8(18-9(14)15)10-7-5-3-4(12(16)17)1-2-6(5)19-11-7/h1-3H,(H,14,15)(H,10,11,13). The maximum atomic E-state index is 11.1.